The molecule has 28 heavy (non-hydrogen) atoms. The smallest absolute Gasteiger partial charge is 0.251 e. The first-order chi connectivity index (χ1) is 13.1. The second-order valence-electron chi connectivity index (χ2n) is 6.75. The summed E-state index contributed by atoms with van der Waals surface area (Å²) in [7, 11) is -3.52. The number of anilines is 1. The number of sulfonamides is 1. The molecule has 1 atom stereocenters. The Morgan fingerprint density at radius 3 is 2.68 bits per heavy atom. The number of halogens is 1. The second kappa shape index (κ2) is 7.63. The molecule has 6 nitrogen and oxygen atoms in total. The van der Waals surface area contributed by atoms with E-state index in [1.165, 1.54) is 6.07 Å². The number of para-hydroxylation sites is 1. The number of benzene rings is 2. The Labute approximate surface area is 163 Å². The molecule has 2 aromatic carbocycles. The first kappa shape index (κ1) is 19.9. The van der Waals surface area contributed by atoms with E-state index in [2.05, 4.69) is 10.0 Å². The summed E-state index contributed by atoms with van der Waals surface area (Å²) in [5.41, 5.74) is 2.24. The van der Waals surface area contributed by atoms with Crippen LogP contribution in [0.5, 0.6) is 5.75 Å². The van der Waals surface area contributed by atoms with Crippen LogP contribution in [0.2, 0.25) is 0 Å². The summed E-state index contributed by atoms with van der Waals surface area (Å²) in [6.07, 6.45) is 2.75. The number of ether oxygens (including phenoxy) is 1. The monoisotopic (exact) mass is 404 g/mol. The molecule has 3 rings (SSSR count). The number of carbonyl (C=O) groups excluding carboxylic acids is 1. The first-order valence-corrected chi connectivity index (χ1v) is 10.5. The normalized spacial score (nSPS) is 14.4. The zero-order chi connectivity index (χ0) is 20.5. The quantitative estimate of drug-likeness (QED) is 0.802. The van der Waals surface area contributed by atoms with E-state index in [1.54, 1.807) is 19.9 Å². The molecule has 2 aromatic rings. The second-order valence-corrected chi connectivity index (χ2v) is 8.50. The lowest BCUT2D eigenvalue weighted by Gasteiger charge is -2.21. The summed E-state index contributed by atoms with van der Waals surface area (Å²) in [5, 5.41) is 2.77. The Kier molecular flexibility index (Phi) is 5.42. The van der Waals surface area contributed by atoms with Gasteiger partial charge in [-0.2, -0.15) is 0 Å². The Bertz CT molecular complexity index is 1060. The molecule has 148 valence electrons. The largest absolute Gasteiger partial charge is 0.488 e. The standard InChI is InChI=1S/C20H21FN2O4S/c1-12-8-16(17(21)10-18(12)23-28(3,25)26)13(2)22-20(24)15-9-14-6-4-5-7-19(14)27-11-15/h4-10,13,23H,11H2,1-3H3,(H,22,24). The van der Waals surface area contributed by atoms with Gasteiger partial charge in [0.25, 0.3) is 5.91 Å². The minimum Gasteiger partial charge on any atom is -0.488 e. The van der Waals surface area contributed by atoms with Gasteiger partial charge in [-0.1, -0.05) is 18.2 Å². The van der Waals surface area contributed by atoms with Crippen molar-refractivity contribution in [2.45, 2.75) is 19.9 Å². The highest BCUT2D eigenvalue weighted by atomic mass is 32.2. The number of rotatable bonds is 5. The minimum atomic E-state index is -3.52. The van der Waals surface area contributed by atoms with Crippen LogP contribution in [0.4, 0.5) is 10.1 Å². The van der Waals surface area contributed by atoms with Crippen LogP contribution < -0.4 is 14.8 Å². The first-order valence-electron chi connectivity index (χ1n) is 8.65. The molecule has 0 aliphatic carbocycles. The van der Waals surface area contributed by atoms with Gasteiger partial charge in [0.15, 0.2) is 0 Å². The number of nitrogens with one attached hydrogen (secondary N) is 2. The third-order valence-corrected chi connectivity index (χ3v) is 4.97. The number of carbonyl (C=O) groups is 1. The summed E-state index contributed by atoms with van der Waals surface area (Å²) in [5.74, 6) is -0.246. The maximum absolute atomic E-state index is 14.5. The van der Waals surface area contributed by atoms with Crippen molar-refractivity contribution in [2.24, 2.45) is 0 Å². The Morgan fingerprint density at radius 1 is 1.25 bits per heavy atom. The fourth-order valence-corrected chi connectivity index (χ4v) is 3.58. The van der Waals surface area contributed by atoms with Crippen molar-refractivity contribution in [3.63, 3.8) is 0 Å². The van der Waals surface area contributed by atoms with Gasteiger partial charge in [0.05, 0.1) is 23.6 Å². The number of hydrogen-bond acceptors (Lipinski definition) is 4. The molecule has 0 saturated heterocycles. The van der Waals surface area contributed by atoms with Gasteiger partial charge >= 0.3 is 0 Å². The lowest BCUT2D eigenvalue weighted by Crippen LogP contribution is -2.31. The molecular weight excluding hydrogens is 383 g/mol. The summed E-state index contributed by atoms with van der Waals surface area (Å²) in [6, 6.07) is 9.41. The predicted molar refractivity (Wildman–Crippen MR) is 106 cm³/mol. The highest BCUT2D eigenvalue weighted by Gasteiger charge is 2.21. The lowest BCUT2D eigenvalue weighted by molar-refractivity contribution is -0.118. The summed E-state index contributed by atoms with van der Waals surface area (Å²) < 4.78 is 45.1. The van der Waals surface area contributed by atoms with E-state index in [1.807, 2.05) is 24.3 Å². The van der Waals surface area contributed by atoms with Crippen LogP contribution in [0.25, 0.3) is 6.08 Å². The molecule has 0 aromatic heterocycles. The van der Waals surface area contributed by atoms with Gasteiger partial charge < -0.3 is 10.1 Å². The molecule has 8 heteroatoms. The minimum absolute atomic E-state index is 0.133. The van der Waals surface area contributed by atoms with Crippen LogP contribution in [0.15, 0.2) is 42.0 Å². The van der Waals surface area contributed by atoms with Gasteiger partial charge in [0.1, 0.15) is 18.2 Å². The van der Waals surface area contributed by atoms with Crippen molar-refractivity contribution >= 4 is 27.7 Å². The maximum atomic E-state index is 14.5. The van der Waals surface area contributed by atoms with Crippen molar-refractivity contribution in [2.75, 3.05) is 17.6 Å². The average molecular weight is 404 g/mol. The number of fused-ring (bicyclic) bond motifs is 1. The fourth-order valence-electron chi connectivity index (χ4n) is 2.96. The number of amides is 1. The van der Waals surface area contributed by atoms with Crippen LogP contribution in [0.1, 0.15) is 29.7 Å². The molecular formula is C20H21FN2O4S. The topological polar surface area (TPSA) is 84.5 Å². The van der Waals surface area contributed by atoms with Gasteiger partial charge in [-0.3, -0.25) is 9.52 Å². The van der Waals surface area contributed by atoms with Crippen LogP contribution in [0, 0.1) is 12.7 Å². The van der Waals surface area contributed by atoms with E-state index in [9.17, 15) is 17.6 Å². The molecule has 0 bridgehead atoms. The van der Waals surface area contributed by atoms with E-state index in [0.29, 0.717) is 16.9 Å². The SMILES string of the molecule is Cc1cc(C(C)NC(=O)C2=Cc3ccccc3OC2)c(F)cc1NS(C)(=O)=O. The molecule has 0 fully saturated rings. The molecule has 2 N–H and O–H groups in total. The van der Waals surface area contributed by atoms with Gasteiger partial charge in [0.2, 0.25) is 10.0 Å². The maximum Gasteiger partial charge on any atom is 0.251 e. The van der Waals surface area contributed by atoms with E-state index in [-0.39, 0.29) is 23.8 Å². The Hall–Kier alpha value is -2.87. The zero-order valence-corrected chi connectivity index (χ0v) is 16.6. The van der Waals surface area contributed by atoms with Crippen LogP contribution in [-0.4, -0.2) is 27.2 Å². The van der Waals surface area contributed by atoms with E-state index in [0.717, 1.165) is 17.9 Å². The van der Waals surface area contributed by atoms with Crippen LogP contribution in [-0.2, 0) is 14.8 Å². The summed E-state index contributed by atoms with van der Waals surface area (Å²) >= 11 is 0. The lowest BCUT2D eigenvalue weighted by atomic mass is 10.0. The van der Waals surface area contributed by atoms with Crippen molar-refractivity contribution in [1.29, 1.82) is 0 Å². The van der Waals surface area contributed by atoms with Gasteiger partial charge in [-0.25, -0.2) is 12.8 Å². The molecule has 0 radical (unpaired) electrons. The average Bonchev–Trinajstić information content (AvgIpc) is 2.62. The third-order valence-electron chi connectivity index (χ3n) is 4.38. The van der Waals surface area contributed by atoms with Crippen molar-refractivity contribution in [3.8, 4) is 5.75 Å². The Morgan fingerprint density at radius 2 is 1.96 bits per heavy atom. The van der Waals surface area contributed by atoms with E-state index >= 15 is 0 Å². The van der Waals surface area contributed by atoms with Crippen LogP contribution >= 0.6 is 0 Å². The van der Waals surface area contributed by atoms with Crippen molar-refractivity contribution in [1.82, 2.24) is 5.32 Å². The zero-order valence-electron chi connectivity index (χ0n) is 15.7. The van der Waals surface area contributed by atoms with E-state index < -0.39 is 21.9 Å². The number of hydrogen-bond donors (Lipinski definition) is 2. The highest BCUT2D eigenvalue weighted by Crippen LogP contribution is 2.28. The molecule has 1 aliphatic heterocycles. The van der Waals surface area contributed by atoms with Crippen molar-refractivity contribution in [3.05, 3.63) is 64.5 Å². The molecule has 1 unspecified atom stereocenters. The Balaban J connectivity index is 1.78. The van der Waals surface area contributed by atoms with Crippen molar-refractivity contribution < 1.29 is 22.3 Å². The molecule has 1 aliphatic rings. The van der Waals surface area contributed by atoms with Gasteiger partial charge in [-0.05, 0) is 43.7 Å². The molecule has 0 saturated carbocycles. The third kappa shape index (κ3) is 4.51. The predicted octanol–water partition coefficient (Wildman–Crippen LogP) is 3.16. The summed E-state index contributed by atoms with van der Waals surface area (Å²) in [6.45, 7) is 3.46. The summed E-state index contributed by atoms with van der Waals surface area (Å²) in [4.78, 5) is 12.6. The molecule has 0 spiro atoms. The number of aryl methyl sites for hydroxylation is 1. The van der Waals surface area contributed by atoms with Crippen LogP contribution in [0.3, 0.4) is 0 Å². The molecule has 1 heterocycles. The van der Waals surface area contributed by atoms with Gasteiger partial charge in [-0.15, -0.1) is 0 Å². The molecule has 1 amide bonds. The van der Waals surface area contributed by atoms with Gasteiger partial charge in [0, 0.05) is 11.1 Å². The highest BCUT2D eigenvalue weighted by molar-refractivity contribution is 7.92. The fraction of sp³-hybridized carbons (Fsp3) is 0.250. The van der Waals surface area contributed by atoms with E-state index in [4.69, 9.17) is 4.74 Å².